The summed E-state index contributed by atoms with van der Waals surface area (Å²) in [6.07, 6.45) is 7.28. The lowest BCUT2D eigenvalue weighted by Crippen LogP contribution is -2.30. The van der Waals surface area contributed by atoms with Gasteiger partial charge in [-0.05, 0) is 25.8 Å². The first-order valence-electron chi connectivity index (χ1n) is 4.73. The molecule has 1 fully saturated rings. The van der Waals surface area contributed by atoms with E-state index in [4.69, 9.17) is 0 Å². The zero-order valence-electron chi connectivity index (χ0n) is 8.37. The van der Waals surface area contributed by atoms with Gasteiger partial charge in [0.1, 0.15) is 0 Å². The highest BCUT2D eigenvalue weighted by atomic mass is 16.2. The van der Waals surface area contributed by atoms with Crippen molar-refractivity contribution < 1.29 is 4.79 Å². The van der Waals surface area contributed by atoms with Crippen LogP contribution < -0.4 is 0 Å². The van der Waals surface area contributed by atoms with Crippen LogP contribution in [0.2, 0.25) is 0 Å². The third kappa shape index (κ3) is 0.916. The lowest BCUT2D eigenvalue weighted by molar-refractivity contribution is -0.132. The van der Waals surface area contributed by atoms with Gasteiger partial charge in [0, 0.05) is 7.05 Å². The summed E-state index contributed by atoms with van der Waals surface area (Å²) in [6, 6.07) is 0.266. The number of rotatable bonds is 0. The number of allylic oxidation sites excluding steroid dienone is 2. The maximum atomic E-state index is 11.9. The lowest BCUT2D eigenvalue weighted by Gasteiger charge is -2.22. The van der Waals surface area contributed by atoms with Crippen LogP contribution in [0.15, 0.2) is 23.8 Å². The van der Waals surface area contributed by atoms with Crippen molar-refractivity contribution in [3.8, 4) is 0 Å². The van der Waals surface area contributed by atoms with Crippen LogP contribution in [0.3, 0.4) is 0 Å². The van der Waals surface area contributed by atoms with Crippen molar-refractivity contribution >= 4 is 5.91 Å². The van der Waals surface area contributed by atoms with Gasteiger partial charge >= 0.3 is 0 Å². The van der Waals surface area contributed by atoms with Gasteiger partial charge in [-0.15, -0.1) is 0 Å². The number of hydrogen-bond donors (Lipinski definition) is 0. The van der Waals surface area contributed by atoms with Gasteiger partial charge in [-0.25, -0.2) is 0 Å². The number of likely N-dealkylation sites (tertiary alicyclic amines) is 1. The standard InChI is InChI=1S/C11H15NO/c1-8-9-6-4-5-7-11(9,2)10(13)12(8)3/h5-8H,4H2,1-3H3/t8-,11+/m1/s1. The Kier molecular flexibility index (Phi) is 1.62. The molecule has 2 heteroatoms. The molecule has 0 N–H and O–H groups in total. The number of nitrogens with zero attached hydrogens (tertiary/aromatic N) is 1. The summed E-state index contributed by atoms with van der Waals surface area (Å²) >= 11 is 0. The largest absolute Gasteiger partial charge is 0.338 e. The van der Waals surface area contributed by atoms with Crippen molar-refractivity contribution in [2.24, 2.45) is 5.41 Å². The van der Waals surface area contributed by atoms with Gasteiger partial charge in [-0.3, -0.25) is 4.79 Å². The number of fused-ring (bicyclic) bond motifs is 1. The van der Waals surface area contributed by atoms with Gasteiger partial charge in [0.2, 0.25) is 5.91 Å². The van der Waals surface area contributed by atoms with Crippen molar-refractivity contribution in [2.75, 3.05) is 7.05 Å². The fourth-order valence-corrected chi connectivity index (χ4v) is 2.36. The maximum absolute atomic E-state index is 11.9. The molecule has 0 saturated carbocycles. The molecule has 0 aromatic carbocycles. The smallest absolute Gasteiger partial charge is 0.236 e. The minimum absolute atomic E-state index is 0.224. The first kappa shape index (κ1) is 8.54. The molecular weight excluding hydrogens is 162 g/mol. The van der Waals surface area contributed by atoms with Gasteiger partial charge in [0.25, 0.3) is 0 Å². The monoisotopic (exact) mass is 177 g/mol. The van der Waals surface area contributed by atoms with Crippen LogP contribution in [-0.2, 0) is 4.79 Å². The Labute approximate surface area is 78.9 Å². The Balaban J connectivity index is 2.51. The Morgan fingerprint density at radius 2 is 2.31 bits per heavy atom. The Morgan fingerprint density at radius 3 is 2.92 bits per heavy atom. The molecule has 0 aromatic heterocycles. The second-order valence-electron chi connectivity index (χ2n) is 4.09. The molecule has 1 aliphatic heterocycles. The molecule has 1 amide bonds. The lowest BCUT2D eigenvalue weighted by atomic mass is 9.79. The third-order valence-electron chi connectivity index (χ3n) is 3.32. The molecule has 2 nitrogen and oxygen atoms in total. The quantitative estimate of drug-likeness (QED) is 0.516. The predicted molar refractivity (Wildman–Crippen MR) is 52.2 cm³/mol. The van der Waals surface area contributed by atoms with Crippen LogP contribution in [0.5, 0.6) is 0 Å². The highest BCUT2D eigenvalue weighted by Crippen LogP contribution is 2.43. The Hall–Kier alpha value is -1.05. The van der Waals surface area contributed by atoms with E-state index in [0.29, 0.717) is 0 Å². The molecule has 0 unspecified atom stereocenters. The van der Waals surface area contributed by atoms with Crippen molar-refractivity contribution in [3.63, 3.8) is 0 Å². The Bertz CT molecular complexity index is 316. The van der Waals surface area contributed by atoms with E-state index in [2.05, 4.69) is 19.1 Å². The average molecular weight is 177 g/mol. The number of hydrogen-bond acceptors (Lipinski definition) is 1. The topological polar surface area (TPSA) is 20.3 Å². The zero-order chi connectivity index (χ0) is 9.64. The van der Waals surface area contributed by atoms with E-state index in [1.807, 2.05) is 24.9 Å². The van der Waals surface area contributed by atoms with Gasteiger partial charge < -0.3 is 4.90 Å². The molecule has 2 atom stereocenters. The molecule has 70 valence electrons. The van der Waals surface area contributed by atoms with Crippen LogP contribution in [0, 0.1) is 5.41 Å². The molecule has 0 radical (unpaired) electrons. The summed E-state index contributed by atoms with van der Waals surface area (Å²) in [7, 11) is 1.88. The molecule has 2 rings (SSSR count). The first-order chi connectivity index (χ1) is 6.07. The van der Waals surface area contributed by atoms with Gasteiger partial charge in [-0.2, -0.15) is 0 Å². The van der Waals surface area contributed by atoms with Crippen LogP contribution >= 0.6 is 0 Å². The second kappa shape index (κ2) is 2.47. The van der Waals surface area contributed by atoms with E-state index in [1.54, 1.807) is 0 Å². The molecule has 0 bridgehead atoms. The summed E-state index contributed by atoms with van der Waals surface area (Å²) in [5.41, 5.74) is 0.925. The van der Waals surface area contributed by atoms with Crippen LogP contribution in [0.25, 0.3) is 0 Å². The van der Waals surface area contributed by atoms with Gasteiger partial charge in [-0.1, -0.05) is 18.2 Å². The molecule has 1 saturated heterocycles. The minimum Gasteiger partial charge on any atom is -0.338 e. The summed E-state index contributed by atoms with van der Waals surface area (Å²) in [4.78, 5) is 13.7. The molecule has 0 spiro atoms. The molecular formula is C11H15NO. The van der Waals surface area contributed by atoms with Crippen molar-refractivity contribution in [2.45, 2.75) is 26.3 Å². The van der Waals surface area contributed by atoms with Crippen molar-refractivity contribution in [1.82, 2.24) is 4.90 Å². The minimum atomic E-state index is -0.341. The number of carbonyl (C=O) groups is 1. The van der Waals surface area contributed by atoms with E-state index in [9.17, 15) is 4.79 Å². The number of likely N-dealkylation sites (N-methyl/N-ethyl adjacent to an activating group) is 1. The molecule has 1 aliphatic carbocycles. The number of carbonyl (C=O) groups excluding carboxylic acids is 1. The third-order valence-corrected chi connectivity index (χ3v) is 3.32. The zero-order valence-corrected chi connectivity index (χ0v) is 8.37. The summed E-state index contributed by atoms with van der Waals surface area (Å²) in [6.45, 7) is 4.10. The van der Waals surface area contributed by atoms with E-state index in [1.165, 1.54) is 5.57 Å². The molecule has 1 heterocycles. The second-order valence-corrected chi connectivity index (χ2v) is 4.09. The Morgan fingerprint density at radius 1 is 1.62 bits per heavy atom. The highest BCUT2D eigenvalue weighted by molar-refractivity contribution is 5.92. The average Bonchev–Trinajstić information content (AvgIpc) is 2.29. The van der Waals surface area contributed by atoms with Gasteiger partial charge in [0.05, 0.1) is 11.5 Å². The SMILES string of the molecule is C[C@@H]1C2=CCC=C[C@]2(C)C(=O)N1C. The fourth-order valence-electron chi connectivity index (χ4n) is 2.36. The molecule has 2 aliphatic rings. The highest BCUT2D eigenvalue weighted by Gasteiger charge is 2.47. The van der Waals surface area contributed by atoms with E-state index in [-0.39, 0.29) is 17.4 Å². The summed E-state index contributed by atoms with van der Waals surface area (Å²) in [5.74, 6) is 0.224. The van der Waals surface area contributed by atoms with Crippen LogP contribution in [0.4, 0.5) is 0 Å². The van der Waals surface area contributed by atoms with Gasteiger partial charge in [0.15, 0.2) is 0 Å². The first-order valence-corrected chi connectivity index (χ1v) is 4.73. The summed E-state index contributed by atoms with van der Waals surface area (Å²) in [5, 5.41) is 0. The van der Waals surface area contributed by atoms with E-state index >= 15 is 0 Å². The fraction of sp³-hybridized carbons (Fsp3) is 0.545. The van der Waals surface area contributed by atoms with E-state index in [0.717, 1.165) is 6.42 Å². The van der Waals surface area contributed by atoms with E-state index < -0.39 is 0 Å². The maximum Gasteiger partial charge on any atom is 0.236 e. The normalized spacial score (nSPS) is 37.8. The van der Waals surface area contributed by atoms with Crippen LogP contribution in [-0.4, -0.2) is 23.9 Å². The van der Waals surface area contributed by atoms with Crippen molar-refractivity contribution in [3.05, 3.63) is 23.8 Å². The van der Waals surface area contributed by atoms with Crippen molar-refractivity contribution in [1.29, 1.82) is 0 Å². The molecule has 0 aromatic rings. The predicted octanol–water partition coefficient (Wildman–Crippen LogP) is 1.74. The van der Waals surface area contributed by atoms with Crippen LogP contribution in [0.1, 0.15) is 20.3 Å². The molecule has 13 heavy (non-hydrogen) atoms. The summed E-state index contributed by atoms with van der Waals surface area (Å²) < 4.78 is 0. The number of amides is 1.